The van der Waals surface area contributed by atoms with Crippen LogP contribution < -0.4 is 5.32 Å². The number of likely N-dealkylation sites (N-methyl/N-ethyl adjacent to an activating group) is 1. The van der Waals surface area contributed by atoms with Crippen LogP contribution in [0.2, 0.25) is 0 Å². The lowest BCUT2D eigenvalue weighted by Crippen LogP contribution is -2.28. The van der Waals surface area contributed by atoms with Gasteiger partial charge in [0.15, 0.2) is 0 Å². The molecular weight excluding hydrogens is 183 g/mol. The monoisotopic (exact) mass is 198 g/mol. The summed E-state index contributed by atoms with van der Waals surface area (Å²) in [6, 6.07) is 0.829. The van der Waals surface area contributed by atoms with E-state index in [1.807, 2.05) is 0 Å². The fraction of sp³-hybridized carbons (Fsp3) is 1.00. The molecule has 4 heteroatoms. The lowest BCUT2D eigenvalue weighted by molar-refractivity contribution is 0.382. The summed E-state index contributed by atoms with van der Waals surface area (Å²) >= 11 is 0. The van der Waals surface area contributed by atoms with Crippen molar-refractivity contribution in [3.8, 4) is 0 Å². The molecule has 0 aromatic rings. The van der Waals surface area contributed by atoms with Gasteiger partial charge in [0, 0.05) is 19.1 Å². The van der Waals surface area contributed by atoms with Gasteiger partial charge >= 0.3 is 0 Å². The van der Waals surface area contributed by atoms with Crippen LogP contribution >= 0.6 is 24.8 Å². The first kappa shape index (κ1) is 11.5. The van der Waals surface area contributed by atoms with Crippen molar-refractivity contribution in [1.29, 1.82) is 0 Å². The van der Waals surface area contributed by atoms with Crippen molar-refractivity contribution < 1.29 is 0 Å². The highest BCUT2D eigenvalue weighted by molar-refractivity contribution is 5.85. The average Bonchev–Trinajstić information content (AvgIpc) is 2.22. The van der Waals surface area contributed by atoms with Crippen LogP contribution in [0.1, 0.15) is 6.42 Å². The van der Waals surface area contributed by atoms with Gasteiger partial charge in [0.25, 0.3) is 0 Å². The van der Waals surface area contributed by atoms with Crippen LogP contribution in [0.15, 0.2) is 0 Å². The average molecular weight is 199 g/mol. The summed E-state index contributed by atoms with van der Waals surface area (Å²) in [5.74, 6) is 0.968. The summed E-state index contributed by atoms with van der Waals surface area (Å²) < 4.78 is 0. The minimum absolute atomic E-state index is 0. The molecule has 11 heavy (non-hydrogen) atoms. The van der Waals surface area contributed by atoms with Crippen molar-refractivity contribution in [3.63, 3.8) is 0 Å². The lowest BCUT2D eigenvalue weighted by atomic mass is 10.1. The van der Waals surface area contributed by atoms with Gasteiger partial charge in [-0.3, -0.25) is 0 Å². The van der Waals surface area contributed by atoms with E-state index in [0.717, 1.165) is 12.0 Å². The minimum Gasteiger partial charge on any atom is -0.312 e. The van der Waals surface area contributed by atoms with Crippen LogP contribution in [0.4, 0.5) is 0 Å². The number of rotatable bonds is 0. The molecule has 0 aliphatic carbocycles. The zero-order valence-electron chi connectivity index (χ0n) is 6.75. The van der Waals surface area contributed by atoms with Gasteiger partial charge in [-0.1, -0.05) is 0 Å². The van der Waals surface area contributed by atoms with Crippen molar-refractivity contribution in [2.45, 2.75) is 12.5 Å². The van der Waals surface area contributed by atoms with Crippen molar-refractivity contribution in [2.24, 2.45) is 5.92 Å². The molecule has 0 unspecified atom stereocenters. The standard InChI is InChI=1S/C7H14N2.2ClH/c1-9-4-6-2-3-8-7(6)5-9;;/h6-8H,2-5H2,1H3;2*1H/t6-,7+;;/m0../s1. The molecule has 0 amide bonds. The molecule has 0 aromatic carbocycles. The van der Waals surface area contributed by atoms with Crippen LogP contribution in [-0.4, -0.2) is 37.6 Å². The number of nitrogens with one attached hydrogen (secondary N) is 1. The third kappa shape index (κ3) is 2.22. The van der Waals surface area contributed by atoms with Crippen molar-refractivity contribution in [3.05, 3.63) is 0 Å². The predicted molar refractivity (Wildman–Crippen MR) is 51.9 cm³/mol. The largest absolute Gasteiger partial charge is 0.312 e. The van der Waals surface area contributed by atoms with E-state index in [1.165, 1.54) is 26.1 Å². The van der Waals surface area contributed by atoms with Gasteiger partial charge < -0.3 is 10.2 Å². The summed E-state index contributed by atoms with van der Waals surface area (Å²) in [5.41, 5.74) is 0. The molecule has 2 nitrogen and oxygen atoms in total. The van der Waals surface area contributed by atoms with Crippen molar-refractivity contribution in [1.82, 2.24) is 10.2 Å². The van der Waals surface area contributed by atoms with Crippen LogP contribution in [-0.2, 0) is 0 Å². The number of nitrogens with zero attached hydrogens (tertiary/aromatic N) is 1. The Hall–Kier alpha value is 0.500. The molecule has 2 aliphatic rings. The van der Waals surface area contributed by atoms with Crippen molar-refractivity contribution >= 4 is 24.8 Å². The Morgan fingerprint density at radius 1 is 1.27 bits per heavy atom. The topological polar surface area (TPSA) is 15.3 Å². The van der Waals surface area contributed by atoms with E-state index in [2.05, 4.69) is 17.3 Å². The van der Waals surface area contributed by atoms with E-state index >= 15 is 0 Å². The summed E-state index contributed by atoms with van der Waals surface area (Å²) in [7, 11) is 2.21. The highest BCUT2D eigenvalue weighted by atomic mass is 35.5. The van der Waals surface area contributed by atoms with Crippen LogP contribution in [0.5, 0.6) is 0 Å². The molecule has 2 saturated heterocycles. The Balaban J connectivity index is 0.000000500. The zero-order chi connectivity index (χ0) is 6.27. The predicted octanol–water partition coefficient (Wildman–Crippen LogP) is 0.753. The molecule has 2 fully saturated rings. The molecule has 2 heterocycles. The van der Waals surface area contributed by atoms with E-state index in [0.29, 0.717) is 0 Å². The molecule has 0 saturated carbocycles. The van der Waals surface area contributed by atoms with Gasteiger partial charge in [-0.05, 0) is 25.9 Å². The first-order valence-corrected chi connectivity index (χ1v) is 3.78. The van der Waals surface area contributed by atoms with Crippen LogP contribution in [0, 0.1) is 5.92 Å². The maximum Gasteiger partial charge on any atom is 0.0235 e. The highest BCUT2D eigenvalue weighted by Crippen LogP contribution is 2.22. The molecular formula is C7H16Cl2N2. The number of hydrogen-bond acceptors (Lipinski definition) is 2. The smallest absolute Gasteiger partial charge is 0.0235 e. The lowest BCUT2D eigenvalue weighted by Gasteiger charge is -2.07. The molecule has 0 aromatic heterocycles. The number of fused-ring (bicyclic) bond motifs is 1. The van der Waals surface area contributed by atoms with Crippen molar-refractivity contribution in [2.75, 3.05) is 26.7 Å². The maximum absolute atomic E-state index is 3.51. The first-order chi connectivity index (χ1) is 4.36. The number of halogens is 2. The van der Waals surface area contributed by atoms with Gasteiger partial charge in [0.2, 0.25) is 0 Å². The second-order valence-corrected chi connectivity index (χ2v) is 3.33. The molecule has 0 bridgehead atoms. The molecule has 68 valence electrons. The molecule has 2 atom stereocenters. The molecule has 0 spiro atoms. The van der Waals surface area contributed by atoms with Gasteiger partial charge in [0.1, 0.15) is 0 Å². The van der Waals surface area contributed by atoms with Gasteiger partial charge in [-0.15, -0.1) is 24.8 Å². The fourth-order valence-corrected chi connectivity index (χ4v) is 2.06. The number of likely N-dealkylation sites (tertiary alicyclic amines) is 1. The number of hydrogen-bond donors (Lipinski definition) is 1. The normalized spacial score (nSPS) is 35.7. The zero-order valence-corrected chi connectivity index (χ0v) is 8.38. The Bertz CT molecular complexity index is 109. The van der Waals surface area contributed by atoms with Gasteiger partial charge in [-0.25, -0.2) is 0 Å². The molecule has 1 N–H and O–H groups in total. The minimum atomic E-state index is 0. The summed E-state index contributed by atoms with van der Waals surface area (Å²) in [5, 5.41) is 3.51. The third-order valence-corrected chi connectivity index (χ3v) is 2.55. The highest BCUT2D eigenvalue weighted by Gasteiger charge is 2.33. The van der Waals surface area contributed by atoms with E-state index in [1.54, 1.807) is 0 Å². The van der Waals surface area contributed by atoms with Crippen LogP contribution in [0.3, 0.4) is 0 Å². The SMILES string of the molecule is CN1C[C@@H]2CCN[C@@H]2C1.Cl.Cl. The van der Waals surface area contributed by atoms with E-state index in [-0.39, 0.29) is 24.8 Å². The summed E-state index contributed by atoms with van der Waals surface area (Å²) in [6.07, 6.45) is 1.40. The first-order valence-electron chi connectivity index (χ1n) is 3.78. The van der Waals surface area contributed by atoms with E-state index in [9.17, 15) is 0 Å². The Kier molecular flexibility index (Phi) is 4.71. The quantitative estimate of drug-likeness (QED) is 0.619. The Labute approximate surface area is 80.5 Å². The Morgan fingerprint density at radius 3 is 2.64 bits per heavy atom. The third-order valence-electron chi connectivity index (χ3n) is 2.55. The second-order valence-electron chi connectivity index (χ2n) is 3.33. The van der Waals surface area contributed by atoms with Crippen LogP contribution in [0.25, 0.3) is 0 Å². The van der Waals surface area contributed by atoms with Gasteiger partial charge in [-0.2, -0.15) is 0 Å². The van der Waals surface area contributed by atoms with E-state index < -0.39 is 0 Å². The fourth-order valence-electron chi connectivity index (χ4n) is 2.06. The van der Waals surface area contributed by atoms with Gasteiger partial charge in [0.05, 0.1) is 0 Å². The second kappa shape index (κ2) is 4.51. The molecule has 0 radical (unpaired) electrons. The maximum atomic E-state index is 3.51. The Morgan fingerprint density at radius 2 is 2.00 bits per heavy atom. The van der Waals surface area contributed by atoms with E-state index in [4.69, 9.17) is 0 Å². The molecule has 2 rings (SSSR count). The summed E-state index contributed by atoms with van der Waals surface area (Å²) in [4.78, 5) is 2.42. The molecule has 2 aliphatic heterocycles. The summed E-state index contributed by atoms with van der Waals surface area (Å²) in [6.45, 7) is 3.84.